The molecule has 1 heterocycles. The third-order valence-corrected chi connectivity index (χ3v) is 4.89. The van der Waals surface area contributed by atoms with Gasteiger partial charge in [0.15, 0.2) is 0 Å². The summed E-state index contributed by atoms with van der Waals surface area (Å²) in [5.74, 6) is -1.99. The van der Waals surface area contributed by atoms with Crippen molar-refractivity contribution in [3.8, 4) is 0 Å². The van der Waals surface area contributed by atoms with Crippen molar-refractivity contribution in [1.29, 1.82) is 0 Å². The highest BCUT2D eigenvalue weighted by Crippen LogP contribution is 2.26. The van der Waals surface area contributed by atoms with Gasteiger partial charge in [0.05, 0.1) is 11.0 Å². The zero-order valence-corrected chi connectivity index (χ0v) is 10.5. The van der Waals surface area contributed by atoms with E-state index in [1.54, 1.807) is 0 Å². The number of hydrogen-bond acceptors (Lipinski definition) is 4. The molecule has 2 N–H and O–H groups in total. The van der Waals surface area contributed by atoms with Crippen LogP contribution in [-0.4, -0.2) is 47.6 Å². The third-order valence-electron chi connectivity index (χ3n) is 2.99. The van der Waals surface area contributed by atoms with Crippen LogP contribution in [0.3, 0.4) is 0 Å². The molecule has 0 bridgehead atoms. The maximum Gasteiger partial charge on any atom is 0.324 e. The largest absolute Gasteiger partial charge is 0.480 e. The molecular weight excluding hydrogens is 277 g/mol. The van der Waals surface area contributed by atoms with Crippen molar-refractivity contribution in [1.82, 2.24) is 4.31 Å². The molecule has 1 aliphatic heterocycles. The Labute approximate surface area is 109 Å². The molecule has 1 fully saturated rings. The summed E-state index contributed by atoms with van der Waals surface area (Å²) in [6.45, 7) is -0.0855. The van der Waals surface area contributed by atoms with Gasteiger partial charge in [0.25, 0.3) is 0 Å². The number of carbonyl (C=O) groups is 1. The Morgan fingerprint density at radius 2 is 1.89 bits per heavy atom. The predicted octanol–water partition coefficient (Wildman–Crippen LogP) is 0.0342. The number of carboxylic acids is 1. The van der Waals surface area contributed by atoms with E-state index in [-0.39, 0.29) is 17.9 Å². The molecular formula is C11H12FNO5S. The fourth-order valence-electron chi connectivity index (χ4n) is 2.05. The lowest BCUT2D eigenvalue weighted by molar-refractivity contribution is -0.143. The highest BCUT2D eigenvalue weighted by molar-refractivity contribution is 7.89. The van der Waals surface area contributed by atoms with Crippen molar-refractivity contribution in [2.45, 2.75) is 23.5 Å². The van der Waals surface area contributed by atoms with Crippen molar-refractivity contribution in [2.75, 3.05) is 6.54 Å². The number of aliphatic carboxylic acids is 1. The Hall–Kier alpha value is -1.51. The van der Waals surface area contributed by atoms with Gasteiger partial charge in [-0.2, -0.15) is 4.31 Å². The lowest BCUT2D eigenvalue weighted by atomic mass is 10.2. The fraction of sp³-hybridized carbons (Fsp3) is 0.364. The normalized spacial score (nSPS) is 24.5. The zero-order valence-electron chi connectivity index (χ0n) is 9.73. The van der Waals surface area contributed by atoms with E-state index in [0.29, 0.717) is 0 Å². The molecule has 19 heavy (non-hydrogen) atoms. The van der Waals surface area contributed by atoms with E-state index in [1.165, 1.54) is 0 Å². The molecule has 6 nitrogen and oxygen atoms in total. The fourth-order valence-corrected chi connectivity index (χ4v) is 3.67. The van der Waals surface area contributed by atoms with Crippen molar-refractivity contribution in [2.24, 2.45) is 0 Å². The predicted molar refractivity (Wildman–Crippen MR) is 62.3 cm³/mol. The molecule has 0 aromatic heterocycles. The Morgan fingerprint density at radius 1 is 1.32 bits per heavy atom. The summed E-state index contributed by atoms with van der Waals surface area (Å²) in [5.41, 5.74) is 0. The monoisotopic (exact) mass is 289 g/mol. The van der Waals surface area contributed by atoms with Crippen molar-refractivity contribution in [3.63, 3.8) is 0 Å². The standard InChI is InChI=1S/C11H12FNO5S/c12-7-1-3-8(4-2-7)19(17,18)13-6-5-9(14)10(13)11(15)16/h1-4,9-10,14H,5-6H2,(H,15,16)/t9?,10-/m0/s1. The van der Waals surface area contributed by atoms with E-state index < -0.39 is 34.0 Å². The van der Waals surface area contributed by atoms with Gasteiger partial charge in [-0.3, -0.25) is 4.79 Å². The summed E-state index contributed by atoms with van der Waals surface area (Å²) >= 11 is 0. The summed E-state index contributed by atoms with van der Waals surface area (Å²) in [6.07, 6.45) is -1.19. The van der Waals surface area contributed by atoms with Gasteiger partial charge in [-0.15, -0.1) is 0 Å². The van der Waals surface area contributed by atoms with Crippen LogP contribution in [0.15, 0.2) is 29.2 Å². The van der Waals surface area contributed by atoms with E-state index in [2.05, 4.69) is 0 Å². The molecule has 0 radical (unpaired) electrons. The minimum atomic E-state index is -4.06. The summed E-state index contributed by atoms with van der Waals surface area (Å²) in [5, 5.41) is 18.5. The quantitative estimate of drug-likeness (QED) is 0.819. The Kier molecular flexibility index (Phi) is 3.57. The van der Waals surface area contributed by atoms with Crippen LogP contribution in [0.5, 0.6) is 0 Å². The molecule has 1 saturated heterocycles. The molecule has 1 aromatic rings. The average molecular weight is 289 g/mol. The van der Waals surface area contributed by atoms with Crippen LogP contribution in [0.25, 0.3) is 0 Å². The molecule has 1 aromatic carbocycles. The summed E-state index contributed by atoms with van der Waals surface area (Å²) in [7, 11) is -4.06. The van der Waals surface area contributed by atoms with Gasteiger partial charge in [-0.25, -0.2) is 12.8 Å². The highest BCUT2D eigenvalue weighted by Gasteiger charge is 2.45. The van der Waals surface area contributed by atoms with Gasteiger partial charge >= 0.3 is 5.97 Å². The van der Waals surface area contributed by atoms with Crippen molar-refractivity contribution < 1.29 is 27.8 Å². The van der Waals surface area contributed by atoms with Gasteiger partial charge in [0.2, 0.25) is 10.0 Å². The number of sulfonamides is 1. The zero-order chi connectivity index (χ0) is 14.2. The van der Waals surface area contributed by atoms with Crippen LogP contribution in [0.4, 0.5) is 4.39 Å². The number of hydrogen-bond donors (Lipinski definition) is 2. The average Bonchev–Trinajstić information content (AvgIpc) is 2.72. The smallest absolute Gasteiger partial charge is 0.324 e. The molecule has 1 aliphatic rings. The minimum absolute atomic E-state index is 0.0530. The van der Waals surface area contributed by atoms with E-state index in [0.717, 1.165) is 28.6 Å². The molecule has 104 valence electrons. The second-order valence-corrected chi connectivity index (χ2v) is 6.10. The second-order valence-electron chi connectivity index (χ2n) is 4.21. The van der Waals surface area contributed by atoms with Crippen LogP contribution in [0.2, 0.25) is 0 Å². The van der Waals surface area contributed by atoms with Gasteiger partial charge in [0, 0.05) is 6.54 Å². The van der Waals surface area contributed by atoms with Crippen molar-refractivity contribution >= 4 is 16.0 Å². The minimum Gasteiger partial charge on any atom is -0.480 e. The third kappa shape index (κ3) is 2.46. The first-order valence-electron chi connectivity index (χ1n) is 5.52. The first-order chi connectivity index (χ1) is 8.84. The maximum atomic E-state index is 12.8. The summed E-state index contributed by atoms with van der Waals surface area (Å²) < 4.78 is 38.0. The molecule has 0 spiro atoms. The summed E-state index contributed by atoms with van der Waals surface area (Å²) in [6, 6.07) is 2.59. The van der Waals surface area contributed by atoms with Gasteiger partial charge in [-0.05, 0) is 30.7 Å². The number of nitrogens with zero attached hydrogens (tertiary/aromatic N) is 1. The van der Waals surface area contributed by atoms with E-state index in [9.17, 15) is 22.7 Å². The van der Waals surface area contributed by atoms with Crippen LogP contribution < -0.4 is 0 Å². The Morgan fingerprint density at radius 3 is 2.42 bits per heavy atom. The van der Waals surface area contributed by atoms with Crippen LogP contribution >= 0.6 is 0 Å². The number of aliphatic hydroxyl groups excluding tert-OH is 1. The van der Waals surface area contributed by atoms with Crippen LogP contribution in [0, 0.1) is 5.82 Å². The molecule has 2 atom stereocenters. The summed E-state index contributed by atoms with van der Waals surface area (Å²) in [4.78, 5) is 10.8. The van der Waals surface area contributed by atoms with Crippen LogP contribution in [0.1, 0.15) is 6.42 Å². The highest BCUT2D eigenvalue weighted by atomic mass is 32.2. The number of carboxylic acid groups (broad SMARTS) is 1. The number of benzene rings is 1. The number of aliphatic hydroxyl groups is 1. The molecule has 0 amide bonds. The van der Waals surface area contributed by atoms with E-state index in [1.807, 2.05) is 0 Å². The van der Waals surface area contributed by atoms with E-state index in [4.69, 9.17) is 5.11 Å². The molecule has 0 saturated carbocycles. The van der Waals surface area contributed by atoms with Crippen LogP contribution in [-0.2, 0) is 14.8 Å². The maximum absolute atomic E-state index is 12.8. The Bertz CT molecular complexity index is 586. The molecule has 2 rings (SSSR count). The molecule has 0 aliphatic carbocycles. The van der Waals surface area contributed by atoms with Crippen molar-refractivity contribution in [3.05, 3.63) is 30.1 Å². The van der Waals surface area contributed by atoms with E-state index >= 15 is 0 Å². The first kappa shape index (κ1) is 13.9. The topological polar surface area (TPSA) is 94.9 Å². The Balaban J connectivity index is 2.39. The lowest BCUT2D eigenvalue weighted by Crippen LogP contribution is -2.44. The molecule has 8 heteroatoms. The van der Waals surface area contributed by atoms with Gasteiger partial charge in [0.1, 0.15) is 11.9 Å². The lowest BCUT2D eigenvalue weighted by Gasteiger charge is -2.22. The number of rotatable bonds is 3. The SMILES string of the molecule is O=C(O)[C@@H]1C(O)CCN1S(=O)(=O)c1ccc(F)cc1. The number of halogens is 1. The van der Waals surface area contributed by atoms with Gasteiger partial charge < -0.3 is 10.2 Å². The van der Waals surface area contributed by atoms with Gasteiger partial charge in [-0.1, -0.05) is 0 Å². The second kappa shape index (κ2) is 4.87. The first-order valence-corrected chi connectivity index (χ1v) is 6.96. The molecule has 1 unspecified atom stereocenters.